The standard InChI is InChI=1S/C18H20N4O5/c1-11-4-6-14(16(10-11)22(26)27)19-8-3-9-20-17(23)15-7-5-13(18(24)25)12(2)21-15/h4-7,10,19H,3,8-9H2,1-2H3,(H,20,23)(H,24,25). The lowest BCUT2D eigenvalue weighted by Crippen LogP contribution is -2.27. The molecule has 0 fully saturated rings. The second-order valence-electron chi connectivity index (χ2n) is 5.95. The summed E-state index contributed by atoms with van der Waals surface area (Å²) in [7, 11) is 0. The highest BCUT2D eigenvalue weighted by Gasteiger charge is 2.14. The molecule has 0 atom stereocenters. The van der Waals surface area contributed by atoms with Crippen molar-refractivity contribution in [1.82, 2.24) is 10.3 Å². The van der Waals surface area contributed by atoms with Gasteiger partial charge in [-0.25, -0.2) is 9.78 Å². The fourth-order valence-electron chi connectivity index (χ4n) is 2.46. The Morgan fingerprint density at radius 2 is 1.93 bits per heavy atom. The molecule has 1 aromatic carbocycles. The largest absolute Gasteiger partial charge is 0.478 e. The maximum atomic E-state index is 12.1. The molecule has 0 aliphatic rings. The van der Waals surface area contributed by atoms with Crippen molar-refractivity contribution in [3.05, 3.63) is 63.0 Å². The molecule has 9 heteroatoms. The lowest BCUT2D eigenvalue weighted by atomic mass is 10.2. The van der Waals surface area contributed by atoms with Gasteiger partial charge in [0.05, 0.1) is 16.2 Å². The molecule has 142 valence electrons. The number of nitrogens with zero attached hydrogens (tertiary/aromatic N) is 2. The number of pyridine rings is 1. The molecule has 0 aliphatic carbocycles. The number of hydrogen-bond donors (Lipinski definition) is 3. The molecule has 0 radical (unpaired) electrons. The Kier molecular flexibility index (Phi) is 6.42. The minimum absolute atomic E-state index is 0.0113. The van der Waals surface area contributed by atoms with Gasteiger partial charge in [0.25, 0.3) is 11.6 Å². The van der Waals surface area contributed by atoms with E-state index in [1.807, 2.05) is 0 Å². The summed E-state index contributed by atoms with van der Waals surface area (Å²) in [5, 5.41) is 25.7. The van der Waals surface area contributed by atoms with Crippen LogP contribution >= 0.6 is 0 Å². The molecule has 9 nitrogen and oxygen atoms in total. The summed E-state index contributed by atoms with van der Waals surface area (Å²) >= 11 is 0. The van der Waals surface area contributed by atoms with Gasteiger partial charge in [-0.05, 0) is 44.0 Å². The monoisotopic (exact) mass is 372 g/mol. The van der Waals surface area contributed by atoms with E-state index >= 15 is 0 Å². The third kappa shape index (κ3) is 5.24. The van der Waals surface area contributed by atoms with Crippen molar-refractivity contribution in [3.8, 4) is 0 Å². The zero-order valence-corrected chi connectivity index (χ0v) is 15.0. The van der Waals surface area contributed by atoms with E-state index in [9.17, 15) is 19.7 Å². The number of anilines is 1. The van der Waals surface area contributed by atoms with E-state index < -0.39 is 16.8 Å². The Bertz CT molecular complexity index is 882. The van der Waals surface area contributed by atoms with Gasteiger partial charge in [0.15, 0.2) is 0 Å². The van der Waals surface area contributed by atoms with Crippen LogP contribution in [0.1, 0.15) is 38.5 Å². The molecule has 1 amide bonds. The number of rotatable bonds is 8. The first-order valence-corrected chi connectivity index (χ1v) is 8.27. The summed E-state index contributed by atoms with van der Waals surface area (Å²) in [6, 6.07) is 7.64. The van der Waals surface area contributed by atoms with Crippen molar-refractivity contribution < 1.29 is 19.6 Å². The fourth-order valence-corrected chi connectivity index (χ4v) is 2.46. The van der Waals surface area contributed by atoms with Crippen LogP contribution in [0.4, 0.5) is 11.4 Å². The van der Waals surface area contributed by atoms with E-state index in [4.69, 9.17) is 5.11 Å². The first kappa shape index (κ1) is 19.8. The number of carboxylic acids is 1. The van der Waals surface area contributed by atoms with Crippen LogP contribution in [0.2, 0.25) is 0 Å². The van der Waals surface area contributed by atoms with E-state index in [0.717, 1.165) is 5.56 Å². The van der Waals surface area contributed by atoms with Crippen molar-refractivity contribution in [2.75, 3.05) is 18.4 Å². The first-order valence-electron chi connectivity index (χ1n) is 8.27. The quantitative estimate of drug-likeness (QED) is 0.368. The Labute approximate surface area is 155 Å². The third-order valence-electron chi connectivity index (χ3n) is 3.85. The molecule has 27 heavy (non-hydrogen) atoms. The Morgan fingerprint density at radius 3 is 2.56 bits per heavy atom. The van der Waals surface area contributed by atoms with Crippen LogP contribution in [-0.2, 0) is 0 Å². The first-order chi connectivity index (χ1) is 12.8. The number of carbonyl (C=O) groups excluding carboxylic acids is 1. The minimum Gasteiger partial charge on any atom is -0.478 e. The van der Waals surface area contributed by atoms with Crippen LogP contribution in [0.25, 0.3) is 0 Å². The van der Waals surface area contributed by atoms with Crippen molar-refractivity contribution in [3.63, 3.8) is 0 Å². The van der Waals surface area contributed by atoms with Crippen molar-refractivity contribution in [2.24, 2.45) is 0 Å². The number of amides is 1. The number of nitro benzene ring substituents is 1. The number of aryl methyl sites for hydroxylation is 2. The van der Waals surface area contributed by atoms with Gasteiger partial charge in [-0.3, -0.25) is 14.9 Å². The Morgan fingerprint density at radius 1 is 1.19 bits per heavy atom. The highest BCUT2D eigenvalue weighted by molar-refractivity contribution is 5.94. The second kappa shape index (κ2) is 8.75. The summed E-state index contributed by atoms with van der Waals surface area (Å²) in [4.78, 5) is 37.6. The van der Waals surface area contributed by atoms with Crippen molar-refractivity contribution in [2.45, 2.75) is 20.3 Å². The summed E-state index contributed by atoms with van der Waals surface area (Å²) in [6.07, 6.45) is 0.545. The van der Waals surface area contributed by atoms with Gasteiger partial charge in [-0.2, -0.15) is 0 Å². The average Bonchev–Trinajstić information content (AvgIpc) is 2.61. The number of nitrogens with one attached hydrogen (secondary N) is 2. The van der Waals surface area contributed by atoms with Gasteiger partial charge in [0.1, 0.15) is 11.4 Å². The zero-order valence-electron chi connectivity index (χ0n) is 15.0. The summed E-state index contributed by atoms with van der Waals surface area (Å²) in [5.74, 6) is -1.50. The predicted molar refractivity (Wildman–Crippen MR) is 99.2 cm³/mol. The minimum atomic E-state index is -1.09. The molecule has 3 N–H and O–H groups in total. The van der Waals surface area contributed by atoms with Crippen LogP contribution in [0.5, 0.6) is 0 Å². The fraction of sp³-hybridized carbons (Fsp3) is 0.278. The number of carbonyl (C=O) groups is 2. The molecular formula is C18H20N4O5. The van der Waals surface area contributed by atoms with Gasteiger partial charge in [0.2, 0.25) is 0 Å². The van der Waals surface area contributed by atoms with Gasteiger partial charge in [0, 0.05) is 19.2 Å². The Hall–Kier alpha value is -3.49. The highest BCUT2D eigenvalue weighted by atomic mass is 16.6. The molecule has 0 bridgehead atoms. The Balaban J connectivity index is 1.84. The van der Waals surface area contributed by atoms with E-state index in [0.29, 0.717) is 25.2 Å². The van der Waals surface area contributed by atoms with Crippen LogP contribution in [0, 0.1) is 24.0 Å². The van der Waals surface area contributed by atoms with Crippen LogP contribution in [0.3, 0.4) is 0 Å². The highest BCUT2D eigenvalue weighted by Crippen LogP contribution is 2.25. The second-order valence-corrected chi connectivity index (χ2v) is 5.95. The molecular weight excluding hydrogens is 352 g/mol. The van der Waals surface area contributed by atoms with Gasteiger partial charge >= 0.3 is 5.97 Å². The summed E-state index contributed by atoms with van der Waals surface area (Å²) in [6.45, 7) is 4.09. The molecule has 0 saturated carbocycles. The number of benzene rings is 1. The van der Waals surface area contributed by atoms with Crippen LogP contribution < -0.4 is 10.6 Å². The van der Waals surface area contributed by atoms with Crippen LogP contribution in [0.15, 0.2) is 30.3 Å². The SMILES string of the molecule is Cc1ccc(NCCCNC(=O)c2ccc(C(=O)O)c(C)n2)c([N+](=O)[O-])c1. The molecule has 2 aromatic rings. The van der Waals surface area contributed by atoms with E-state index in [2.05, 4.69) is 15.6 Å². The van der Waals surface area contributed by atoms with E-state index in [1.165, 1.54) is 25.1 Å². The predicted octanol–water partition coefficient (Wildman–Crippen LogP) is 2.54. The lowest BCUT2D eigenvalue weighted by molar-refractivity contribution is -0.384. The van der Waals surface area contributed by atoms with E-state index in [-0.39, 0.29) is 22.6 Å². The van der Waals surface area contributed by atoms with Gasteiger partial charge < -0.3 is 15.7 Å². The van der Waals surface area contributed by atoms with Crippen LogP contribution in [-0.4, -0.2) is 40.0 Å². The third-order valence-corrected chi connectivity index (χ3v) is 3.85. The van der Waals surface area contributed by atoms with Gasteiger partial charge in [-0.15, -0.1) is 0 Å². The average molecular weight is 372 g/mol. The molecule has 2 rings (SSSR count). The zero-order chi connectivity index (χ0) is 20.0. The molecule has 0 unspecified atom stereocenters. The molecule has 1 heterocycles. The maximum absolute atomic E-state index is 12.1. The van der Waals surface area contributed by atoms with Crippen molar-refractivity contribution in [1.29, 1.82) is 0 Å². The number of aromatic nitrogens is 1. The van der Waals surface area contributed by atoms with E-state index in [1.54, 1.807) is 19.1 Å². The summed E-state index contributed by atoms with van der Waals surface area (Å²) < 4.78 is 0. The number of carboxylic acid groups (broad SMARTS) is 1. The normalized spacial score (nSPS) is 10.3. The number of aromatic carboxylic acids is 1. The molecule has 1 aromatic heterocycles. The molecule has 0 spiro atoms. The van der Waals surface area contributed by atoms with Gasteiger partial charge in [-0.1, -0.05) is 6.07 Å². The lowest BCUT2D eigenvalue weighted by Gasteiger charge is -2.09. The maximum Gasteiger partial charge on any atom is 0.337 e. The molecule has 0 saturated heterocycles. The molecule has 0 aliphatic heterocycles. The number of nitro groups is 1. The van der Waals surface area contributed by atoms with Crippen molar-refractivity contribution >= 4 is 23.3 Å². The smallest absolute Gasteiger partial charge is 0.337 e. The summed E-state index contributed by atoms with van der Waals surface area (Å²) in [5.41, 5.74) is 1.70. The number of hydrogen-bond acceptors (Lipinski definition) is 6. The topological polar surface area (TPSA) is 134 Å².